The molecule has 7 heteroatoms. The summed E-state index contributed by atoms with van der Waals surface area (Å²) in [4.78, 5) is 2.01. The summed E-state index contributed by atoms with van der Waals surface area (Å²) in [5.41, 5.74) is 4.47. The van der Waals surface area contributed by atoms with E-state index in [1.165, 1.54) is 12.1 Å². The summed E-state index contributed by atoms with van der Waals surface area (Å²) in [6.45, 7) is 0. The Morgan fingerprint density at radius 3 is 2.29 bits per heavy atom. The highest BCUT2D eigenvalue weighted by atomic mass is 32.1. The zero-order valence-electron chi connectivity index (χ0n) is 20.9. The molecule has 3 atom stereocenters. The fourth-order valence-electron chi connectivity index (χ4n) is 5.01. The molecular formula is C31H29FN2O3S. The fraction of sp³-hybridized carbons (Fsp3) is 0.194. The summed E-state index contributed by atoms with van der Waals surface area (Å²) >= 11 is 5.79. The first-order chi connectivity index (χ1) is 18.4. The van der Waals surface area contributed by atoms with Gasteiger partial charge < -0.3 is 25.2 Å². The van der Waals surface area contributed by atoms with E-state index in [-0.39, 0.29) is 23.7 Å². The number of rotatable bonds is 8. The van der Waals surface area contributed by atoms with Crippen molar-refractivity contribution in [3.05, 3.63) is 114 Å². The molecule has 1 saturated heterocycles. The van der Waals surface area contributed by atoms with Crippen LogP contribution >= 0.6 is 12.2 Å². The summed E-state index contributed by atoms with van der Waals surface area (Å²) in [5.74, 6) is 0.324. The quantitative estimate of drug-likeness (QED) is 0.226. The highest BCUT2D eigenvalue weighted by Gasteiger charge is 2.40. The minimum atomic E-state index is -0.754. The molecule has 0 amide bonds. The lowest BCUT2D eigenvalue weighted by Crippen LogP contribution is -2.29. The number of aliphatic hydroxyl groups excluding tert-OH is 1. The Bertz CT molecular complexity index is 1400. The third-order valence-corrected chi connectivity index (χ3v) is 7.32. The molecule has 1 heterocycles. The second-order valence-corrected chi connectivity index (χ2v) is 9.74. The summed E-state index contributed by atoms with van der Waals surface area (Å²) in [7, 11) is 1.56. The van der Waals surface area contributed by atoms with E-state index in [1.807, 2.05) is 47.4 Å². The maximum absolute atomic E-state index is 13.3. The molecule has 1 aliphatic heterocycles. The van der Waals surface area contributed by atoms with Crippen LogP contribution in [-0.2, 0) is 0 Å². The predicted molar refractivity (Wildman–Crippen MR) is 152 cm³/mol. The maximum Gasteiger partial charge on any atom is 0.174 e. The lowest BCUT2D eigenvalue weighted by Gasteiger charge is -2.29. The summed E-state index contributed by atoms with van der Waals surface area (Å²) < 4.78 is 18.6. The van der Waals surface area contributed by atoms with E-state index < -0.39 is 6.10 Å². The molecule has 0 radical (unpaired) electrons. The number of nitrogens with one attached hydrogen (secondary N) is 1. The number of hydrogen-bond acceptors (Lipinski definition) is 4. The molecule has 1 unspecified atom stereocenters. The standard InChI is InChI=1S/C31H29FN2O3S/c1-37-25-15-16-26(29(36)19-25)30-27(17-18-28(35)22-7-11-23(32)12-8-22)33-31(38)34(30)24-13-9-21(10-14-24)20-5-3-2-4-6-20/h2-16,19,27-28,30,35-36H,17-18H2,1H3,(H,33,38)/t27-,28?,30+/m0/s1. The van der Waals surface area contributed by atoms with Gasteiger partial charge >= 0.3 is 0 Å². The number of benzene rings is 4. The van der Waals surface area contributed by atoms with Gasteiger partial charge in [0.2, 0.25) is 0 Å². The Morgan fingerprint density at radius 1 is 0.947 bits per heavy atom. The molecule has 5 nitrogen and oxygen atoms in total. The van der Waals surface area contributed by atoms with Crippen molar-refractivity contribution >= 4 is 23.0 Å². The van der Waals surface area contributed by atoms with E-state index in [0.717, 1.165) is 16.8 Å². The molecule has 5 rings (SSSR count). The van der Waals surface area contributed by atoms with E-state index in [2.05, 4.69) is 29.6 Å². The predicted octanol–water partition coefficient (Wildman–Crippen LogP) is 6.53. The number of halogens is 1. The van der Waals surface area contributed by atoms with Gasteiger partial charge in [-0.1, -0.05) is 54.6 Å². The number of phenols is 1. The van der Waals surface area contributed by atoms with Crippen LogP contribution in [0.1, 0.15) is 36.1 Å². The largest absolute Gasteiger partial charge is 0.507 e. The average Bonchev–Trinajstić information content (AvgIpc) is 3.28. The lowest BCUT2D eigenvalue weighted by atomic mass is 9.92. The van der Waals surface area contributed by atoms with E-state index >= 15 is 0 Å². The van der Waals surface area contributed by atoms with Crippen molar-refractivity contribution in [1.82, 2.24) is 5.32 Å². The number of nitrogens with zero attached hydrogens (tertiary/aromatic N) is 1. The highest BCUT2D eigenvalue weighted by molar-refractivity contribution is 7.80. The molecule has 1 aliphatic rings. The van der Waals surface area contributed by atoms with Gasteiger partial charge in [-0.15, -0.1) is 0 Å². The minimum Gasteiger partial charge on any atom is -0.507 e. The summed E-state index contributed by atoms with van der Waals surface area (Å²) in [5, 5.41) is 25.7. The number of ether oxygens (including phenoxy) is 1. The molecule has 38 heavy (non-hydrogen) atoms. The third-order valence-electron chi connectivity index (χ3n) is 7.00. The van der Waals surface area contributed by atoms with Crippen molar-refractivity contribution in [3.8, 4) is 22.6 Å². The van der Waals surface area contributed by atoms with Crippen LogP contribution in [-0.4, -0.2) is 28.5 Å². The fourth-order valence-corrected chi connectivity index (χ4v) is 5.38. The van der Waals surface area contributed by atoms with E-state index in [9.17, 15) is 14.6 Å². The van der Waals surface area contributed by atoms with Crippen molar-refractivity contribution in [3.63, 3.8) is 0 Å². The molecule has 3 N–H and O–H groups in total. The Morgan fingerprint density at radius 2 is 1.63 bits per heavy atom. The van der Waals surface area contributed by atoms with Crippen molar-refractivity contribution in [2.45, 2.75) is 31.0 Å². The van der Waals surface area contributed by atoms with Gasteiger partial charge in [-0.3, -0.25) is 0 Å². The Labute approximate surface area is 227 Å². The number of phenolic OH excluding ortho intramolecular Hbond substituents is 1. The monoisotopic (exact) mass is 528 g/mol. The Balaban J connectivity index is 1.45. The first-order valence-electron chi connectivity index (χ1n) is 12.5. The second-order valence-electron chi connectivity index (χ2n) is 9.35. The van der Waals surface area contributed by atoms with E-state index in [4.69, 9.17) is 17.0 Å². The summed E-state index contributed by atoms with van der Waals surface area (Å²) in [6.07, 6.45) is 0.239. The van der Waals surface area contributed by atoms with Gasteiger partial charge in [0, 0.05) is 17.3 Å². The molecule has 0 aromatic heterocycles. The first kappa shape index (κ1) is 25.7. The number of anilines is 1. The third kappa shape index (κ3) is 5.35. The van der Waals surface area contributed by atoms with Crippen LogP contribution < -0.4 is 15.0 Å². The number of aliphatic hydroxyl groups is 1. The number of thiocarbonyl (C=S) groups is 1. The molecular weight excluding hydrogens is 499 g/mol. The van der Waals surface area contributed by atoms with E-state index in [1.54, 1.807) is 25.3 Å². The van der Waals surface area contributed by atoms with Crippen LogP contribution in [0, 0.1) is 5.82 Å². The number of methoxy groups -OCH3 is 1. The van der Waals surface area contributed by atoms with Crippen molar-refractivity contribution in [2.24, 2.45) is 0 Å². The molecule has 0 saturated carbocycles. The van der Waals surface area contributed by atoms with Crippen LogP contribution in [0.5, 0.6) is 11.5 Å². The molecule has 0 bridgehead atoms. The van der Waals surface area contributed by atoms with Gasteiger partial charge in [0.1, 0.15) is 17.3 Å². The molecule has 4 aromatic carbocycles. The van der Waals surface area contributed by atoms with Crippen molar-refractivity contribution < 1.29 is 19.3 Å². The first-order valence-corrected chi connectivity index (χ1v) is 12.9. The van der Waals surface area contributed by atoms with E-state index in [0.29, 0.717) is 34.8 Å². The molecule has 194 valence electrons. The zero-order chi connectivity index (χ0) is 26.6. The maximum atomic E-state index is 13.3. The molecule has 0 spiro atoms. The van der Waals surface area contributed by atoms with Gasteiger partial charge in [0.15, 0.2) is 5.11 Å². The van der Waals surface area contributed by atoms with Gasteiger partial charge in [0.05, 0.1) is 25.3 Å². The normalized spacial score (nSPS) is 17.8. The van der Waals surface area contributed by atoms with Crippen LogP contribution in [0.15, 0.2) is 97.1 Å². The molecule has 1 fully saturated rings. The van der Waals surface area contributed by atoms with Crippen LogP contribution in [0.25, 0.3) is 11.1 Å². The Kier molecular flexibility index (Phi) is 7.58. The second kappa shape index (κ2) is 11.2. The summed E-state index contributed by atoms with van der Waals surface area (Å²) in [6, 6.07) is 29.0. The number of aromatic hydroxyl groups is 1. The van der Waals surface area contributed by atoms with Crippen LogP contribution in [0.3, 0.4) is 0 Å². The highest BCUT2D eigenvalue weighted by Crippen LogP contribution is 2.41. The number of hydrogen-bond donors (Lipinski definition) is 3. The average molecular weight is 529 g/mol. The topological polar surface area (TPSA) is 65.0 Å². The van der Waals surface area contributed by atoms with Crippen molar-refractivity contribution in [1.29, 1.82) is 0 Å². The van der Waals surface area contributed by atoms with Gasteiger partial charge in [-0.25, -0.2) is 4.39 Å². The molecule has 4 aromatic rings. The SMILES string of the molecule is COc1ccc([C@@H]2[C@H](CCC(O)c3ccc(F)cc3)NC(=S)N2c2ccc(-c3ccccc3)cc2)c(O)c1. The molecule has 0 aliphatic carbocycles. The van der Waals surface area contributed by atoms with Crippen LogP contribution in [0.2, 0.25) is 0 Å². The minimum absolute atomic E-state index is 0.107. The van der Waals surface area contributed by atoms with Crippen LogP contribution in [0.4, 0.5) is 10.1 Å². The smallest absolute Gasteiger partial charge is 0.174 e. The lowest BCUT2D eigenvalue weighted by molar-refractivity contribution is 0.159. The Hall–Kier alpha value is -3.94. The zero-order valence-corrected chi connectivity index (χ0v) is 21.7. The van der Waals surface area contributed by atoms with Gasteiger partial charge in [-0.05, 0) is 78.1 Å². The van der Waals surface area contributed by atoms with Gasteiger partial charge in [0.25, 0.3) is 0 Å². The van der Waals surface area contributed by atoms with Gasteiger partial charge in [-0.2, -0.15) is 0 Å². The van der Waals surface area contributed by atoms with Crippen molar-refractivity contribution in [2.75, 3.05) is 12.0 Å².